The zero-order chi connectivity index (χ0) is 14.4. The second-order valence-electron chi connectivity index (χ2n) is 4.78. The lowest BCUT2D eigenvalue weighted by Crippen LogP contribution is -2.56. The Bertz CT molecular complexity index is 310. The van der Waals surface area contributed by atoms with Crippen LogP contribution < -0.4 is 5.73 Å². The molecule has 0 saturated carbocycles. The van der Waals surface area contributed by atoms with Crippen LogP contribution in [-0.2, 0) is 4.79 Å². The van der Waals surface area contributed by atoms with E-state index in [1.807, 2.05) is 25.7 Å². The molecule has 0 aromatic heterocycles. The van der Waals surface area contributed by atoms with E-state index < -0.39 is 6.04 Å². The topological polar surface area (TPSA) is 69.9 Å². The van der Waals surface area contributed by atoms with Crippen molar-refractivity contribution >= 4 is 11.9 Å². The zero-order valence-electron chi connectivity index (χ0n) is 12.3. The molecule has 2 N–H and O–H groups in total. The van der Waals surface area contributed by atoms with Gasteiger partial charge in [-0.15, -0.1) is 0 Å². The van der Waals surface area contributed by atoms with Crippen molar-refractivity contribution in [1.29, 1.82) is 0 Å². The van der Waals surface area contributed by atoms with Crippen LogP contribution in [0.2, 0.25) is 0 Å². The molecule has 1 aliphatic heterocycles. The number of carbonyl (C=O) groups excluding carboxylic acids is 2. The highest BCUT2D eigenvalue weighted by molar-refractivity contribution is 5.82. The molecule has 1 saturated heterocycles. The first-order valence-electron chi connectivity index (χ1n) is 7.13. The first kappa shape index (κ1) is 15.8. The van der Waals surface area contributed by atoms with Crippen LogP contribution in [0.3, 0.4) is 0 Å². The molecule has 1 atom stereocenters. The van der Waals surface area contributed by atoms with Gasteiger partial charge in [-0.05, 0) is 20.3 Å². The van der Waals surface area contributed by atoms with E-state index in [1.54, 1.807) is 9.80 Å². The summed E-state index contributed by atoms with van der Waals surface area (Å²) in [6, 6.07) is -0.345. The second kappa shape index (κ2) is 7.33. The van der Waals surface area contributed by atoms with Gasteiger partial charge in [0, 0.05) is 39.3 Å². The molecule has 1 heterocycles. The maximum atomic E-state index is 12.2. The smallest absolute Gasteiger partial charge is 0.320 e. The number of hydrogen-bond acceptors (Lipinski definition) is 3. The average molecular weight is 270 g/mol. The minimum Gasteiger partial charge on any atom is -0.338 e. The van der Waals surface area contributed by atoms with Gasteiger partial charge in [0.1, 0.15) is 0 Å². The van der Waals surface area contributed by atoms with E-state index in [-0.39, 0.29) is 11.9 Å². The van der Waals surface area contributed by atoms with Gasteiger partial charge in [-0.1, -0.05) is 6.92 Å². The van der Waals surface area contributed by atoms with Crippen molar-refractivity contribution in [3.8, 4) is 0 Å². The molecule has 6 heteroatoms. The molecule has 6 nitrogen and oxygen atoms in total. The number of nitrogens with zero attached hydrogens (tertiary/aromatic N) is 3. The molecule has 1 rings (SSSR count). The summed E-state index contributed by atoms with van der Waals surface area (Å²) in [6.07, 6.45) is 0.650. The van der Waals surface area contributed by atoms with Crippen molar-refractivity contribution in [2.24, 2.45) is 5.73 Å². The Hall–Kier alpha value is -1.30. The quantitative estimate of drug-likeness (QED) is 0.800. The highest BCUT2D eigenvalue weighted by Crippen LogP contribution is 2.07. The summed E-state index contributed by atoms with van der Waals surface area (Å²) >= 11 is 0. The van der Waals surface area contributed by atoms with E-state index in [1.165, 1.54) is 0 Å². The van der Waals surface area contributed by atoms with E-state index >= 15 is 0 Å². The predicted octanol–water partition coefficient (Wildman–Crippen LogP) is 0.330. The van der Waals surface area contributed by atoms with Gasteiger partial charge in [-0.25, -0.2) is 4.79 Å². The van der Waals surface area contributed by atoms with E-state index in [9.17, 15) is 9.59 Å². The van der Waals surface area contributed by atoms with Crippen LogP contribution in [0.25, 0.3) is 0 Å². The van der Waals surface area contributed by atoms with Gasteiger partial charge in [0.25, 0.3) is 0 Å². The average Bonchev–Trinajstić information content (AvgIpc) is 2.47. The van der Waals surface area contributed by atoms with Crippen LogP contribution in [0.15, 0.2) is 0 Å². The van der Waals surface area contributed by atoms with E-state index in [2.05, 4.69) is 0 Å². The summed E-state index contributed by atoms with van der Waals surface area (Å²) < 4.78 is 0. The SMILES string of the molecule is CC[C@@H](N)C(=O)N1CCN(C(=O)N(CC)CC)CC1. The Morgan fingerprint density at radius 1 is 1.05 bits per heavy atom. The molecule has 0 spiro atoms. The Morgan fingerprint density at radius 2 is 1.53 bits per heavy atom. The van der Waals surface area contributed by atoms with Crippen LogP contribution >= 0.6 is 0 Å². The maximum absolute atomic E-state index is 12.2. The zero-order valence-corrected chi connectivity index (χ0v) is 12.3. The molecule has 0 unspecified atom stereocenters. The Labute approximate surface area is 115 Å². The van der Waals surface area contributed by atoms with E-state index in [4.69, 9.17) is 5.73 Å². The van der Waals surface area contributed by atoms with Crippen molar-refractivity contribution in [2.45, 2.75) is 33.2 Å². The van der Waals surface area contributed by atoms with Crippen LogP contribution in [0.1, 0.15) is 27.2 Å². The van der Waals surface area contributed by atoms with Crippen molar-refractivity contribution in [2.75, 3.05) is 39.3 Å². The van der Waals surface area contributed by atoms with Gasteiger partial charge in [-0.3, -0.25) is 4.79 Å². The molecule has 3 amide bonds. The first-order chi connectivity index (χ1) is 9.04. The third-order valence-corrected chi connectivity index (χ3v) is 3.65. The van der Waals surface area contributed by atoms with Crippen molar-refractivity contribution in [3.05, 3.63) is 0 Å². The highest BCUT2D eigenvalue weighted by atomic mass is 16.2. The van der Waals surface area contributed by atoms with Crippen molar-refractivity contribution < 1.29 is 9.59 Å². The number of urea groups is 1. The van der Waals surface area contributed by atoms with Crippen LogP contribution in [0.4, 0.5) is 4.79 Å². The lowest BCUT2D eigenvalue weighted by atomic mass is 10.2. The maximum Gasteiger partial charge on any atom is 0.320 e. The number of rotatable bonds is 4. The summed E-state index contributed by atoms with van der Waals surface area (Å²) in [5, 5.41) is 0. The van der Waals surface area contributed by atoms with Crippen molar-refractivity contribution in [3.63, 3.8) is 0 Å². The second-order valence-corrected chi connectivity index (χ2v) is 4.78. The number of amides is 3. The fourth-order valence-corrected chi connectivity index (χ4v) is 2.22. The normalized spacial score (nSPS) is 17.3. The Kier molecular flexibility index (Phi) is 6.08. The molecule has 1 aliphatic rings. The molecule has 0 bridgehead atoms. The molecule has 110 valence electrons. The third-order valence-electron chi connectivity index (χ3n) is 3.65. The molecule has 0 aromatic rings. The van der Waals surface area contributed by atoms with Crippen molar-refractivity contribution in [1.82, 2.24) is 14.7 Å². The molecular formula is C13H26N4O2. The summed E-state index contributed by atoms with van der Waals surface area (Å²) in [5.41, 5.74) is 5.75. The summed E-state index contributed by atoms with van der Waals surface area (Å²) in [7, 11) is 0. The third kappa shape index (κ3) is 3.83. The monoisotopic (exact) mass is 270 g/mol. The molecule has 0 aliphatic carbocycles. The molecule has 0 aromatic carbocycles. The van der Waals surface area contributed by atoms with Crippen LogP contribution in [-0.4, -0.2) is 71.9 Å². The Balaban J connectivity index is 2.49. The fourth-order valence-electron chi connectivity index (χ4n) is 2.22. The summed E-state index contributed by atoms with van der Waals surface area (Å²) in [5.74, 6) is -0.00237. The van der Waals surface area contributed by atoms with Gasteiger partial charge in [0.05, 0.1) is 6.04 Å². The number of hydrogen-bond donors (Lipinski definition) is 1. The number of nitrogens with two attached hydrogens (primary N) is 1. The van der Waals surface area contributed by atoms with Gasteiger partial charge in [-0.2, -0.15) is 0 Å². The number of carbonyl (C=O) groups is 2. The lowest BCUT2D eigenvalue weighted by Gasteiger charge is -2.37. The van der Waals surface area contributed by atoms with Crippen LogP contribution in [0.5, 0.6) is 0 Å². The number of piperazine rings is 1. The predicted molar refractivity (Wildman–Crippen MR) is 74.7 cm³/mol. The van der Waals surface area contributed by atoms with Gasteiger partial charge < -0.3 is 20.4 Å². The minimum atomic E-state index is -0.412. The highest BCUT2D eigenvalue weighted by Gasteiger charge is 2.27. The van der Waals surface area contributed by atoms with E-state index in [0.717, 1.165) is 13.1 Å². The van der Waals surface area contributed by atoms with Gasteiger partial charge >= 0.3 is 6.03 Å². The summed E-state index contributed by atoms with van der Waals surface area (Å²) in [4.78, 5) is 29.5. The lowest BCUT2D eigenvalue weighted by molar-refractivity contribution is -0.134. The molecule has 0 radical (unpaired) electrons. The minimum absolute atomic E-state index is 0.00237. The Morgan fingerprint density at radius 3 is 1.95 bits per heavy atom. The standard InChI is InChI=1S/C13H26N4O2/c1-4-11(14)12(18)16-7-9-17(10-8-16)13(19)15(5-2)6-3/h11H,4-10,14H2,1-3H3/t11-/m1/s1. The molecular weight excluding hydrogens is 244 g/mol. The van der Waals surface area contributed by atoms with Crippen LogP contribution in [0, 0.1) is 0 Å². The molecule has 19 heavy (non-hydrogen) atoms. The summed E-state index contributed by atoms with van der Waals surface area (Å²) in [6.45, 7) is 9.64. The molecule has 1 fully saturated rings. The largest absolute Gasteiger partial charge is 0.338 e. The fraction of sp³-hybridized carbons (Fsp3) is 0.846. The van der Waals surface area contributed by atoms with E-state index in [0.29, 0.717) is 32.6 Å². The van der Waals surface area contributed by atoms with Gasteiger partial charge in [0.2, 0.25) is 5.91 Å². The first-order valence-corrected chi connectivity index (χ1v) is 7.13. The van der Waals surface area contributed by atoms with Gasteiger partial charge in [0.15, 0.2) is 0 Å².